The lowest BCUT2D eigenvalue weighted by Crippen LogP contribution is -2.23. The molecule has 0 saturated heterocycles. The number of carbonyl (C=O) groups is 1. The van der Waals surface area contributed by atoms with Gasteiger partial charge in [0.1, 0.15) is 5.00 Å². The minimum atomic E-state index is -0.164. The van der Waals surface area contributed by atoms with Crippen molar-refractivity contribution >= 4 is 48.4 Å². The van der Waals surface area contributed by atoms with Crippen LogP contribution in [0.5, 0.6) is 0 Å². The molecule has 4 nitrogen and oxygen atoms in total. The van der Waals surface area contributed by atoms with Gasteiger partial charge in [0, 0.05) is 18.6 Å². The molecular formula is C13H14ClN2O2PS. The third-order valence-corrected chi connectivity index (χ3v) is 4.61. The van der Waals surface area contributed by atoms with Gasteiger partial charge in [0.25, 0.3) is 5.91 Å². The molecule has 0 fully saturated rings. The number of thiophene rings is 1. The molecule has 1 aromatic heterocycles. The van der Waals surface area contributed by atoms with Crippen LogP contribution in [-0.2, 0) is 6.54 Å². The zero-order valence-corrected chi connectivity index (χ0v) is 13.5. The van der Waals surface area contributed by atoms with Gasteiger partial charge in [-0.15, -0.1) is 20.6 Å². The van der Waals surface area contributed by atoms with Crippen molar-refractivity contribution in [2.24, 2.45) is 0 Å². The van der Waals surface area contributed by atoms with Crippen LogP contribution >= 0.6 is 32.2 Å². The lowest BCUT2D eigenvalue weighted by molar-refractivity contribution is 0.0955. The van der Waals surface area contributed by atoms with E-state index in [4.69, 9.17) is 11.6 Å². The Kier molecular flexibility index (Phi) is 5.00. The van der Waals surface area contributed by atoms with E-state index < -0.39 is 0 Å². The maximum Gasteiger partial charge on any atom is 0.261 e. The monoisotopic (exact) mass is 328 g/mol. The van der Waals surface area contributed by atoms with Crippen molar-refractivity contribution in [1.29, 1.82) is 0 Å². The van der Waals surface area contributed by atoms with Crippen molar-refractivity contribution < 1.29 is 10.0 Å². The Morgan fingerprint density at radius 2 is 2.20 bits per heavy atom. The van der Waals surface area contributed by atoms with E-state index in [2.05, 4.69) is 14.6 Å². The molecule has 0 saturated carbocycles. The summed E-state index contributed by atoms with van der Waals surface area (Å²) in [5.74, 6) is -0.164. The van der Waals surface area contributed by atoms with Crippen LogP contribution in [-0.4, -0.2) is 18.2 Å². The smallest absolute Gasteiger partial charge is 0.261 e. The van der Waals surface area contributed by atoms with Crippen LogP contribution in [0.3, 0.4) is 0 Å². The lowest BCUT2D eigenvalue weighted by atomic mass is 10.2. The molecule has 1 unspecified atom stereocenters. The zero-order chi connectivity index (χ0) is 14.7. The number of benzene rings is 1. The molecule has 1 heterocycles. The van der Waals surface area contributed by atoms with Crippen molar-refractivity contribution in [3.63, 3.8) is 0 Å². The Balaban J connectivity index is 2.01. The van der Waals surface area contributed by atoms with Gasteiger partial charge in [-0.2, -0.15) is 0 Å². The first-order valence-corrected chi connectivity index (χ1v) is 7.59. The second-order valence-corrected chi connectivity index (χ2v) is 6.31. The Morgan fingerprint density at radius 3 is 2.80 bits per heavy atom. The predicted molar refractivity (Wildman–Crippen MR) is 86.5 cm³/mol. The molecule has 0 spiro atoms. The van der Waals surface area contributed by atoms with Gasteiger partial charge in [0.15, 0.2) is 0 Å². The van der Waals surface area contributed by atoms with Crippen LogP contribution < -0.4 is 15.7 Å². The summed E-state index contributed by atoms with van der Waals surface area (Å²) in [5, 5.41) is 15.4. The van der Waals surface area contributed by atoms with Gasteiger partial charge >= 0.3 is 0 Å². The molecule has 1 amide bonds. The zero-order valence-electron chi connectivity index (χ0n) is 10.8. The van der Waals surface area contributed by atoms with Crippen LogP contribution in [0.15, 0.2) is 30.3 Å². The lowest BCUT2D eigenvalue weighted by Gasteiger charge is -2.08. The molecule has 106 valence electrons. The molecule has 1 aromatic carbocycles. The molecule has 20 heavy (non-hydrogen) atoms. The number of amides is 1. The fourth-order valence-corrected chi connectivity index (χ4v) is 3.07. The maximum absolute atomic E-state index is 12.0. The van der Waals surface area contributed by atoms with Gasteiger partial charge in [0.05, 0.1) is 4.88 Å². The number of rotatable bonds is 4. The van der Waals surface area contributed by atoms with E-state index in [1.165, 1.54) is 18.4 Å². The topological polar surface area (TPSA) is 52.6 Å². The molecule has 0 aliphatic carbocycles. The van der Waals surface area contributed by atoms with Crippen LogP contribution in [0.4, 0.5) is 5.00 Å². The molecule has 7 heteroatoms. The summed E-state index contributed by atoms with van der Waals surface area (Å²) in [6.07, 6.45) is 0. The second kappa shape index (κ2) is 6.55. The van der Waals surface area contributed by atoms with E-state index in [1.807, 2.05) is 12.1 Å². The van der Waals surface area contributed by atoms with Crippen molar-refractivity contribution in [3.8, 4) is 0 Å². The highest BCUT2D eigenvalue weighted by molar-refractivity contribution is 7.27. The van der Waals surface area contributed by atoms with Crippen molar-refractivity contribution in [3.05, 3.63) is 45.8 Å². The normalized spacial score (nSPS) is 10.4. The molecule has 2 N–H and O–H groups in total. The number of carbonyl (C=O) groups excluding carboxylic acids is 1. The minimum Gasteiger partial charge on any atom is -0.347 e. The van der Waals surface area contributed by atoms with Gasteiger partial charge in [-0.25, -0.2) is 0 Å². The molecule has 0 bridgehead atoms. The molecule has 0 aliphatic heterocycles. The predicted octanol–water partition coefficient (Wildman–Crippen LogP) is 2.66. The number of anilines is 1. The van der Waals surface area contributed by atoms with E-state index in [-0.39, 0.29) is 5.91 Å². The Bertz CT molecular complexity index is 631. The van der Waals surface area contributed by atoms with E-state index in [0.717, 1.165) is 15.9 Å². The second-order valence-electron chi connectivity index (χ2n) is 4.19. The average molecular weight is 329 g/mol. The van der Waals surface area contributed by atoms with Gasteiger partial charge in [0.2, 0.25) is 0 Å². The van der Waals surface area contributed by atoms with Crippen LogP contribution in [0.1, 0.15) is 15.2 Å². The number of hydroxylamine groups is 1. The van der Waals surface area contributed by atoms with Gasteiger partial charge in [-0.05, 0) is 35.1 Å². The first-order valence-electron chi connectivity index (χ1n) is 5.82. The standard InChI is InChI=1S/C13H14ClN2O2PS/c1-16(18)12-5-4-11(20-12)13(17)15-7-8-2-3-9(14)6-10(8)19/h2-6,18H,7,19H2,1H3,(H,15,17). The maximum atomic E-state index is 12.0. The van der Waals surface area contributed by atoms with E-state index in [0.29, 0.717) is 21.4 Å². The number of halogens is 1. The van der Waals surface area contributed by atoms with Crippen LogP contribution in [0.2, 0.25) is 5.02 Å². The fourth-order valence-electron chi connectivity index (χ4n) is 1.61. The Labute approximate surface area is 128 Å². The molecule has 1 atom stereocenters. The van der Waals surface area contributed by atoms with Gasteiger partial charge in [-0.1, -0.05) is 17.7 Å². The summed E-state index contributed by atoms with van der Waals surface area (Å²) < 4.78 is 0. The third-order valence-electron chi connectivity index (χ3n) is 2.68. The Hall–Kier alpha value is -1.13. The molecule has 2 aromatic rings. The van der Waals surface area contributed by atoms with E-state index in [9.17, 15) is 10.0 Å². The number of hydrogen-bond donors (Lipinski definition) is 2. The summed E-state index contributed by atoms with van der Waals surface area (Å²) in [6.45, 7) is 0.428. The summed E-state index contributed by atoms with van der Waals surface area (Å²) >= 11 is 7.11. The van der Waals surface area contributed by atoms with Crippen molar-refractivity contribution in [1.82, 2.24) is 5.32 Å². The summed E-state index contributed by atoms with van der Waals surface area (Å²) in [6, 6.07) is 8.89. The first kappa shape index (κ1) is 15.3. The molecule has 0 aliphatic rings. The van der Waals surface area contributed by atoms with Gasteiger partial charge in [-0.3, -0.25) is 15.1 Å². The number of nitrogens with zero attached hydrogens (tertiary/aromatic N) is 1. The van der Waals surface area contributed by atoms with Crippen molar-refractivity contribution in [2.45, 2.75) is 6.54 Å². The SMILES string of the molecule is CN(O)c1ccc(C(=O)NCc2ccc(Cl)cc2P)s1. The van der Waals surface area contributed by atoms with Crippen LogP contribution in [0, 0.1) is 0 Å². The van der Waals surface area contributed by atoms with Crippen molar-refractivity contribution in [2.75, 3.05) is 12.1 Å². The first-order chi connectivity index (χ1) is 9.47. The third kappa shape index (κ3) is 3.70. The van der Waals surface area contributed by atoms with E-state index >= 15 is 0 Å². The highest BCUT2D eigenvalue weighted by Gasteiger charge is 2.11. The minimum absolute atomic E-state index is 0.164. The van der Waals surface area contributed by atoms with Gasteiger partial charge < -0.3 is 5.32 Å². The summed E-state index contributed by atoms with van der Waals surface area (Å²) in [4.78, 5) is 12.6. The quantitative estimate of drug-likeness (QED) is 0.670. The molecular weight excluding hydrogens is 315 g/mol. The van der Waals surface area contributed by atoms with Crippen LogP contribution in [0.25, 0.3) is 0 Å². The highest BCUT2D eigenvalue weighted by atomic mass is 35.5. The summed E-state index contributed by atoms with van der Waals surface area (Å²) in [5.41, 5.74) is 0.990. The Morgan fingerprint density at radius 1 is 1.45 bits per heavy atom. The molecule has 0 radical (unpaired) electrons. The summed E-state index contributed by atoms with van der Waals surface area (Å²) in [7, 11) is 4.11. The number of nitrogens with one attached hydrogen (secondary N) is 1. The fraction of sp³-hybridized carbons (Fsp3) is 0.154. The number of hydrogen-bond acceptors (Lipinski definition) is 4. The van der Waals surface area contributed by atoms with E-state index in [1.54, 1.807) is 18.2 Å². The highest BCUT2D eigenvalue weighted by Crippen LogP contribution is 2.23. The largest absolute Gasteiger partial charge is 0.347 e. The molecule has 2 rings (SSSR count). The average Bonchev–Trinajstić information content (AvgIpc) is 2.87.